The van der Waals surface area contributed by atoms with E-state index < -0.39 is 9.64 Å². The summed E-state index contributed by atoms with van der Waals surface area (Å²) >= 11 is 4.29. The van der Waals surface area contributed by atoms with Crippen LogP contribution in [0.5, 0.6) is 0 Å². The zero-order valence-corrected chi connectivity index (χ0v) is 10.8. The van der Waals surface area contributed by atoms with Crippen molar-refractivity contribution in [3.8, 4) is 0 Å². The molecule has 0 aliphatic rings. The Morgan fingerprint density at radius 1 is 1.38 bits per heavy atom. The molecule has 0 amide bonds. The van der Waals surface area contributed by atoms with Crippen LogP contribution in [0.15, 0.2) is 36.6 Å². The van der Waals surface area contributed by atoms with E-state index in [1.165, 1.54) is 6.26 Å². The van der Waals surface area contributed by atoms with E-state index in [0.717, 1.165) is 5.56 Å². The van der Waals surface area contributed by atoms with E-state index in [9.17, 15) is 4.21 Å². The first kappa shape index (κ1) is 13.1. The Balaban J connectivity index is 0. The van der Waals surface area contributed by atoms with Crippen LogP contribution in [0.2, 0.25) is 0 Å². The Morgan fingerprint density at radius 2 is 2.00 bits per heavy atom. The maximum atomic E-state index is 10.3. The summed E-state index contributed by atoms with van der Waals surface area (Å²) in [4.78, 5) is 0. The molecule has 0 aromatic heterocycles. The molecule has 1 rings (SSSR count). The normalized spacial score (nSPS) is 9.92. The average molecular weight is 223 g/mol. The molecular weight excluding hydrogens is 215 g/mol. The fourth-order valence-electron chi connectivity index (χ4n) is 0.716. The minimum atomic E-state index is -1.64. The van der Waals surface area contributed by atoms with E-state index >= 15 is 0 Å². The van der Waals surface area contributed by atoms with Crippen molar-refractivity contribution in [1.82, 2.24) is 0 Å². The molecule has 0 aliphatic carbocycles. The molecule has 0 atom stereocenters. The fraction of sp³-hybridized carbons (Fsp3) is 0. The van der Waals surface area contributed by atoms with Crippen molar-refractivity contribution in [3.63, 3.8) is 0 Å². The largest absolute Gasteiger partial charge is 1.00 e. The summed E-state index contributed by atoms with van der Waals surface area (Å²) in [6, 6.07) is 9.55. The quantitative estimate of drug-likeness (QED) is 0.378. The minimum Gasteiger partial charge on any atom is -1.00 e. The van der Waals surface area contributed by atoms with Gasteiger partial charge >= 0.3 is 29.6 Å². The van der Waals surface area contributed by atoms with E-state index in [0.29, 0.717) is 0 Å². The van der Waals surface area contributed by atoms with Crippen LogP contribution in [0.1, 0.15) is 6.99 Å². The summed E-state index contributed by atoms with van der Waals surface area (Å²) in [5.41, 5.74) is 0.984. The zero-order valence-electron chi connectivity index (χ0n) is 8.17. The summed E-state index contributed by atoms with van der Waals surface area (Å²) in [6.45, 7) is 0. The molecule has 0 bridgehead atoms. The maximum Gasteiger partial charge on any atom is 1.00 e. The standard InChI is InChI=1S/C8H7O2S2.Na.H/c9-12(11)10-7-6-8-4-2-1-3-5-8;;/h1-7H;;/q-1;+1;-1. The molecule has 0 spiro atoms. The minimum absolute atomic E-state index is 0. The third-order valence-corrected chi connectivity index (χ3v) is 1.70. The molecule has 0 unspecified atom stereocenters. The molecule has 0 heterocycles. The van der Waals surface area contributed by atoms with Crippen LogP contribution in [0.3, 0.4) is 0 Å². The van der Waals surface area contributed by atoms with Crippen LogP contribution in [0.4, 0.5) is 0 Å². The number of hydrogen-bond donors (Lipinski definition) is 0. The van der Waals surface area contributed by atoms with Gasteiger partial charge in [0, 0.05) is 0 Å². The molecule has 1 aromatic rings. The second-order valence-electron chi connectivity index (χ2n) is 2.01. The Hall–Kier alpha value is 0.130. The van der Waals surface area contributed by atoms with E-state index in [1.54, 1.807) is 6.08 Å². The van der Waals surface area contributed by atoms with Crippen molar-refractivity contribution in [2.45, 2.75) is 0 Å². The van der Waals surface area contributed by atoms with Gasteiger partial charge < -0.3 is 9.82 Å². The van der Waals surface area contributed by atoms with E-state index in [2.05, 4.69) is 15.4 Å². The van der Waals surface area contributed by atoms with Crippen LogP contribution in [-0.2, 0) is 29.2 Å². The molecule has 13 heavy (non-hydrogen) atoms. The van der Waals surface area contributed by atoms with Crippen molar-refractivity contribution >= 4 is 26.9 Å². The molecule has 1 aromatic carbocycles. The molecule has 0 aliphatic heterocycles. The SMILES string of the molecule is O=[S-](=S)OC=Cc1ccccc1.[H-].[Na+]. The second kappa shape index (κ2) is 7.53. The summed E-state index contributed by atoms with van der Waals surface area (Å²) in [5.74, 6) is 0. The molecular formula is C8H8NaO2S2-. The number of benzene rings is 1. The number of rotatable bonds is 3. The van der Waals surface area contributed by atoms with Gasteiger partial charge in [0.15, 0.2) is 0 Å². The summed E-state index contributed by atoms with van der Waals surface area (Å²) < 4.78 is 14.8. The van der Waals surface area contributed by atoms with Crippen molar-refractivity contribution in [3.05, 3.63) is 42.2 Å². The Bertz CT molecular complexity index is 330. The van der Waals surface area contributed by atoms with Crippen LogP contribution >= 0.6 is 0 Å². The third kappa shape index (κ3) is 6.23. The van der Waals surface area contributed by atoms with Gasteiger partial charge in [-0.25, -0.2) is 0 Å². The van der Waals surface area contributed by atoms with Gasteiger partial charge in [-0.15, -0.1) is 0 Å². The van der Waals surface area contributed by atoms with Gasteiger partial charge in [-0.1, -0.05) is 30.3 Å². The van der Waals surface area contributed by atoms with Crippen LogP contribution < -0.4 is 29.6 Å². The molecule has 0 N–H and O–H groups in total. The van der Waals surface area contributed by atoms with Gasteiger partial charge in [-0.3, -0.25) is 0 Å². The smallest absolute Gasteiger partial charge is 1.00 e. The van der Waals surface area contributed by atoms with Gasteiger partial charge in [0.1, 0.15) is 0 Å². The monoisotopic (exact) mass is 223 g/mol. The molecule has 0 saturated carbocycles. The van der Waals surface area contributed by atoms with Gasteiger partial charge in [-0.2, -0.15) is 11.2 Å². The van der Waals surface area contributed by atoms with Gasteiger partial charge in [0.2, 0.25) is 0 Å². The summed E-state index contributed by atoms with van der Waals surface area (Å²) in [7, 11) is -1.64. The van der Waals surface area contributed by atoms with Crippen LogP contribution in [0, 0.1) is 0 Å². The first-order valence-corrected chi connectivity index (χ1v) is 5.27. The van der Waals surface area contributed by atoms with Crippen LogP contribution in [0.25, 0.3) is 6.08 Å². The van der Waals surface area contributed by atoms with Gasteiger partial charge in [0.05, 0.1) is 6.26 Å². The van der Waals surface area contributed by atoms with Crippen molar-refractivity contribution in [1.29, 1.82) is 0 Å². The van der Waals surface area contributed by atoms with Gasteiger partial charge in [-0.05, 0) is 21.3 Å². The molecule has 0 radical (unpaired) electrons. The van der Waals surface area contributed by atoms with Crippen LogP contribution in [-0.4, -0.2) is 0 Å². The van der Waals surface area contributed by atoms with E-state index in [-0.39, 0.29) is 31.0 Å². The maximum absolute atomic E-state index is 10.3. The third-order valence-electron chi connectivity index (χ3n) is 1.19. The molecule has 0 saturated heterocycles. The second-order valence-corrected chi connectivity index (χ2v) is 3.43. The van der Waals surface area contributed by atoms with Gasteiger partial charge in [0.25, 0.3) is 0 Å². The Kier molecular flexibility index (Phi) is 7.60. The molecule has 0 fully saturated rings. The molecule has 66 valence electrons. The van der Waals surface area contributed by atoms with E-state index in [1.807, 2.05) is 30.3 Å². The van der Waals surface area contributed by atoms with E-state index in [4.69, 9.17) is 0 Å². The van der Waals surface area contributed by atoms with Crippen molar-refractivity contribution in [2.24, 2.45) is 0 Å². The number of hydrogen-bond acceptors (Lipinski definition) is 4. The first-order valence-electron chi connectivity index (χ1n) is 3.27. The summed E-state index contributed by atoms with van der Waals surface area (Å²) in [6.07, 6.45) is 3.03. The first-order chi connectivity index (χ1) is 5.79. The van der Waals surface area contributed by atoms with Crippen molar-refractivity contribution in [2.75, 3.05) is 0 Å². The topological polar surface area (TPSA) is 26.3 Å². The predicted octanol–water partition coefficient (Wildman–Crippen LogP) is -0.869. The molecule has 2 nitrogen and oxygen atoms in total. The predicted molar refractivity (Wildman–Crippen MR) is 53.1 cm³/mol. The zero-order chi connectivity index (χ0) is 8.81. The van der Waals surface area contributed by atoms with Crippen molar-refractivity contribution < 1.29 is 39.4 Å². The molecule has 5 heteroatoms. The summed E-state index contributed by atoms with van der Waals surface area (Å²) in [5, 5.41) is 0. The average Bonchev–Trinajstić information content (AvgIpc) is 2.05. The Morgan fingerprint density at radius 3 is 2.54 bits per heavy atom. The Labute approximate surface area is 108 Å². The fourth-order valence-corrected chi connectivity index (χ4v) is 0.998.